The largest absolute Gasteiger partial charge is 0.342 e. The van der Waals surface area contributed by atoms with Crippen LogP contribution in [0.4, 0.5) is 0 Å². The Morgan fingerprint density at radius 2 is 1.86 bits per heavy atom. The van der Waals surface area contributed by atoms with E-state index in [9.17, 15) is 9.59 Å². The molecular weight excluding hydrogens is 364 g/mol. The number of benzene rings is 1. The summed E-state index contributed by atoms with van der Waals surface area (Å²) in [5.74, 6) is 0.508. The number of carbonyl (C=O) groups excluding carboxylic acids is 2. The Hall–Kier alpha value is -2.63. The minimum atomic E-state index is -0.443. The maximum absolute atomic E-state index is 13.5. The summed E-state index contributed by atoms with van der Waals surface area (Å²) >= 11 is 0. The van der Waals surface area contributed by atoms with E-state index in [-0.39, 0.29) is 17.7 Å². The molecule has 0 bridgehead atoms. The van der Waals surface area contributed by atoms with Crippen molar-refractivity contribution in [2.24, 2.45) is 18.9 Å². The number of aromatic nitrogens is 2. The van der Waals surface area contributed by atoms with E-state index in [4.69, 9.17) is 0 Å². The molecule has 2 atom stereocenters. The number of carbonyl (C=O) groups is 2. The first-order chi connectivity index (χ1) is 13.9. The van der Waals surface area contributed by atoms with Gasteiger partial charge in [-0.1, -0.05) is 38.1 Å². The summed E-state index contributed by atoms with van der Waals surface area (Å²) in [6.45, 7) is 4.71. The zero-order valence-electron chi connectivity index (χ0n) is 17.5. The molecule has 1 N–H and O–H groups in total. The maximum atomic E-state index is 13.5. The minimum absolute atomic E-state index is 0.0136. The normalized spacial score (nSPS) is 22.3. The molecule has 1 saturated heterocycles. The van der Waals surface area contributed by atoms with Crippen molar-refractivity contribution >= 4 is 11.8 Å². The molecular formula is C23H30N4O2. The Labute approximate surface area is 172 Å². The highest BCUT2D eigenvalue weighted by atomic mass is 16.2. The zero-order valence-corrected chi connectivity index (χ0v) is 17.5. The van der Waals surface area contributed by atoms with Gasteiger partial charge in [-0.15, -0.1) is 0 Å². The molecule has 2 aliphatic rings. The second-order valence-corrected chi connectivity index (χ2v) is 8.88. The molecule has 1 aliphatic heterocycles. The van der Waals surface area contributed by atoms with Crippen molar-refractivity contribution in [1.29, 1.82) is 0 Å². The van der Waals surface area contributed by atoms with E-state index in [2.05, 4.69) is 36.3 Å². The molecule has 0 unspecified atom stereocenters. The predicted molar refractivity (Wildman–Crippen MR) is 111 cm³/mol. The number of amides is 2. The summed E-state index contributed by atoms with van der Waals surface area (Å²) in [6.07, 6.45) is 6.76. The van der Waals surface area contributed by atoms with Crippen molar-refractivity contribution < 1.29 is 9.59 Å². The smallest absolute Gasteiger partial charge is 0.246 e. The van der Waals surface area contributed by atoms with Gasteiger partial charge in [-0.2, -0.15) is 0 Å². The van der Waals surface area contributed by atoms with Crippen LogP contribution in [0.1, 0.15) is 37.1 Å². The average Bonchev–Trinajstić information content (AvgIpc) is 3.29. The van der Waals surface area contributed by atoms with Gasteiger partial charge >= 0.3 is 0 Å². The number of nitrogens with one attached hydrogen (secondary N) is 1. The van der Waals surface area contributed by atoms with Gasteiger partial charge in [0.2, 0.25) is 11.8 Å². The van der Waals surface area contributed by atoms with Crippen molar-refractivity contribution in [2.45, 2.75) is 51.6 Å². The Balaban J connectivity index is 1.53. The van der Waals surface area contributed by atoms with Crippen LogP contribution in [0.2, 0.25) is 0 Å². The quantitative estimate of drug-likeness (QED) is 0.816. The van der Waals surface area contributed by atoms with Crippen LogP contribution < -0.4 is 5.32 Å². The number of rotatable bonds is 6. The van der Waals surface area contributed by atoms with Crippen LogP contribution in [0.5, 0.6) is 0 Å². The van der Waals surface area contributed by atoms with Crippen molar-refractivity contribution in [3.05, 3.63) is 53.6 Å². The molecule has 1 aromatic carbocycles. The third-order valence-electron chi connectivity index (χ3n) is 6.14. The van der Waals surface area contributed by atoms with Crippen molar-refractivity contribution in [2.75, 3.05) is 6.54 Å². The summed E-state index contributed by atoms with van der Waals surface area (Å²) in [5, 5.41) is 3.08. The SMILES string of the molecule is CC(C)C[C@@H]1C(=O)N[C@H](C2Cc3ccccc3C2)C(=O)N1CCc1cn(C)cn1. The molecule has 0 spiro atoms. The lowest BCUT2D eigenvalue weighted by Gasteiger charge is -2.41. The fourth-order valence-corrected chi connectivity index (χ4v) is 4.71. The van der Waals surface area contributed by atoms with Crippen LogP contribution in [0.15, 0.2) is 36.8 Å². The van der Waals surface area contributed by atoms with Crippen molar-refractivity contribution in [1.82, 2.24) is 19.8 Å². The maximum Gasteiger partial charge on any atom is 0.246 e. The van der Waals surface area contributed by atoms with Crippen molar-refractivity contribution in [3.63, 3.8) is 0 Å². The number of piperazine rings is 1. The molecule has 2 aromatic rings. The molecule has 1 fully saturated rings. The van der Waals surface area contributed by atoms with Gasteiger partial charge in [0.25, 0.3) is 0 Å². The molecule has 1 aromatic heterocycles. The second-order valence-electron chi connectivity index (χ2n) is 8.88. The first-order valence-electron chi connectivity index (χ1n) is 10.6. The van der Waals surface area contributed by atoms with Crippen LogP contribution >= 0.6 is 0 Å². The number of aryl methyl sites for hydroxylation is 1. The van der Waals surface area contributed by atoms with Gasteiger partial charge in [0.15, 0.2) is 0 Å². The molecule has 2 heterocycles. The molecule has 29 heavy (non-hydrogen) atoms. The van der Waals surface area contributed by atoms with E-state index < -0.39 is 12.1 Å². The van der Waals surface area contributed by atoms with E-state index >= 15 is 0 Å². The van der Waals surface area contributed by atoms with Gasteiger partial charge in [0, 0.05) is 26.2 Å². The fourth-order valence-electron chi connectivity index (χ4n) is 4.71. The van der Waals surface area contributed by atoms with Crippen LogP contribution in [0.3, 0.4) is 0 Å². The van der Waals surface area contributed by atoms with E-state index in [0.29, 0.717) is 25.3 Å². The Morgan fingerprint density at radius 3 is 2.45 bits per heavy atom. The number of imidazole rings is 1. The molecule has 6 heteroatoms. The Bertz CT molecular complexity index is 879. The van der Waals surface area contributed by atoms with Crippen molar-refractivity contribution in [3.8, 4) is 0 Å². The average molecular weight is 395 g/mol. The molecule has 2 amide bonds. The lowest BCUT2D eigenvalue weighted by atomic mass is 9.90. The Kier molecular flexibility index (Phi) is 5.43. The van der Waals surface area contributed by atoms with Crippen LogP contribution in [0.25, 0.3) is 0 Å². The van der Waals surface area contributed by atoms with E-state index in [0.717, 1.165) is 18.5 Å². The lowest BCUT2D eigenvalue weighted by molar-refractivity contribution is -0.151. The summed E-state index contributed by atoms with van der Waals surface area (Å²) in [4.78, 5) is 32.7. The van der Waals surface area contributed by atoms with Crippen LogP contribution in [-0.2, 0) is 35.9 Å². The number of hydrogen-bond acceptors (Lipinski definition) is 3. The summed E-state index contributed by atoms with van der Waals surface area (Å²) < 4.78 is 1.91. The highest BCUT2D eigenvalue weighted by Crippen LogP contribution is 2.31. The standard InChI is InChI=1S/C23H30N4O2/c1-15(2)10-20-22(28)25-21(18-11-16-6-4-5-7-17(16)12-18)23(29)27(20)9-8-19-13-26(3)14-24-19/h4-7,13-15,18,20-21H,8-12H2,1-3H3,(H,25,28)/t20-,21-/m1/s1. The third kappa shape index (κ3) is 4.07. The van der Waals surface area contributed by atoms with Gasteiger partial charge < -0.3 is 14.8 Å². The zero-order chi connectivity index (χ0) is 20.5. The molecule has 1 aliphatic carbocycles. The topological polar surface area (TPSA) is 67.2 Å². The van der Waals surface area contributed by atoms with E-state index in [1.165, 1.54) is 11.1 Å². The molecule has 0 saturated carbocycles. The van der Waals surface area contributed by atoms with Gasteiger partial charge in [-0.3, -0.25) is 9.59 Å². The first-order valence-corrected chi connectivity index (χ1v) is 10.6. The molecule has 6 nitrogen and oxygen atoms in total. The molecule has 4 rings (SSSR count). The predicted octanol–water partition coefficient (Wildman–Crippen LogP) is 2.12. The lowest BCUT2D eigenvalue weighted by Crippen LogP contribution is -2.65. The number of nitrogens with zero attached hydrogens (tertiary/aromatic N) is 3. The van der Waals surface area contributed by atoms with Gasteiger partial charge in [-0.05, 0) is 42.2 Å². The Morgan fingerprint density at radius 1 is 1.17 bits per heavy atom. The number of fused-ring (bicyclic) bond motifs is 1. The van der Waals surface area contributed by atoms with Gasteiger partial charge in [0.05, 0.1) is 12.0 Å². The number of hydrogen-bond donors (Lipinski definition) is 1. The van der Waals surface area contributed by atoms with Crippen LogP contribution in [0, 0.1) is 11.8 Å². The third-order valence-corrected chi connectivity index (χ3v) is 6.14. The minimum Gasteiger partial charge on any atom is -0.342 e. The van der Waals surface area contributed by atoms with Gasteiger partial charge in [-0.25, -0.2) is 4.98 Å². The highest BCUT2D eigenvalue weighted by Gasteiger charge is 2.44. The molecule has 154 valence electrons. The molecule has 0 radical (unpaired) electrons. The fraction of sp³-hybridized carbons (Fsp3) is 0.522. The van der Waals surface area contributed by atoms with Crippen LogP contribution in [-0.4, -0.2) is 44.9 Å². The van der Waals surface area contributed by atoms with E-state index in [1.807, 2.05) is 34.8 Å². The first kappa shape index (κ1) is 19.7. The monoisotopic (exact) mass is 394 g/mol. The summed E-state index contributed by atoms with van der Waals surface area (Å²) in [6, 6.07) is 7.50. The highest BCUT2D eigenvalue weighted by molar-refractivity contribution is 5.97. The van der Waals surface area contributed by atoms with Gasteiger partial charge in [0.1, 0.15) is 12.1 Å². The second kappa shape index (κ2) is 8.01. The van der Waals surface area contributed by atoms with E-state index in [1.54, 1.807) is 6.33 Å². The summed E-state index contributed by atoms with van der Waals surface area (Å²) in [7, 11) is 1.94. The summed E-state index contributed by atoms with van der Waals surface area (Å²) in [5.41, 5.74) is 3.53.